The van der Waals surface area contributed by atoms with Gasteiger partial charge in [0, 0.05) is 10.5 Å². The molecule has 98 valence electrons. The lowest BCUT2D eigenvalue weighted by Gasteiger charge is -2.07. The molecule has 0 saturated heterocycles. The van der Waals surface area contributed by atoms with Gasteiger partial charge in [-0.25, -0.2) is 0 Å². The van der Waals surface area contributed by atoms with Crippen LogP contribution in [-0.2, 0) is 0 Å². The number of para-hydroxylation sites is 1. The van der Waals surface area contributed by atoms with Gasteiger partial charge in [-0.3, -0.25) is 10.1 Å². The Morgan fingerprint density at radius 3 is 2.45 bits per heavy atom. The molecule has 0 bridgehead atoms. The zero-order valence-electron chi connectivity index (χ0n) is 10.4. The highest BCUT2D eigenvalue weighted by molar-refractivity contribution is 9.10. The topological polar surface area (TPSA) is 43.1 Å². The van der Waals surface area contributed by atoms with Crippen molar-refractivity contribution in [3.05, 3.63) is 75.3 Å². The lowest BCUT2D eigenvalue weighted by molar-refractivity contribution is -0.384. The molecule has 0 unspecified atom stereocenters. The van der Waals surface area contributed by atoms with Crippen LogP contribution >= 0.6 is 15.9 Å². The number of benzene rings is 3. The van der Waals surface area contributed by atoms with Gasteiger partial charge in [0.05, 0.1) is 10.5 Å². The fourth-order valence-electron chi connectivity index (χ4n) is 2.30. The lowest BCUT2D eigenvalue weighted by Crippen LogP contribution is -1.91. The standard InChI is InChI=1S/C16H10BrNO2/c17-15-10-12(9-11-5-1-2-6-13(11)15)14-7-3-4-8-16(14)18(19)20/h1-10H. The Hall–Kier alpha value is -2.20. The molecule has 4 heteroatoms. The van der Waals surface area contributed by atoms with Crippen LogP contribution in [-0.4, -0.2) is 4.92 Å². The zero-order valence-corrected chi connectivity index (χ0v) is 12.0. The van der Waals surface area contributed by atoms with Crippen LogP contribution in [0.15, 0.2) is 65.1 Å². The SMILES string of the molecule is O=[N+]([O-])c1ccccc1-c1cc(Br)c2ccccc2c1. The van der Waals surface area contributed by atoms with Gasteiger partial charge in [-0.1, -0.05) is 52.3 Å². The first-order chi connectivity index (χ1) is 9.66. The molecule has 0 amide bonds. The molecule has 0 aromatic heterocycles. The summed E-state index contributed by atoms with van der Waals surface area (Å²) >= 11 is 3.54. The molecule has 0 atom stereocenters. The summed E-state index contributed by atoms with van der Waals surface area (Å²) in [5, 5.41) is 13.3. The van der Waals surface area contributed by atoms with Crippen LogP contribution in [0.1, 0.15) is 0 Å². The fraction of sp³-hybridized carbons (Fsp3) is 0. The summed E-state index contributed by atoms with van der Waals surface area (Å²) < 4.78 is 0.934. The molecule has 0 radical (unpaired) electrons. The summed E-state index contributed by atoms with van der Waals surface area (Å²) in [7, 11) is 0. The first-order valence-corrected chi connectivity index (χ1v) is 6.88. The first-order valence-electron chi connectivity index (χ1n) is 6.09. The first kappa shape index (κ1) is 12.8. The number of halogens is 1. The maximum absolute atomic E-state index is 11.1. The van der Waals surface area contributed by atoms with Crippen LogP contribution in [0.2, 0.25) is 0 Å². The summed E-state index contributed by atoms with van der Waals surface area (Å²) in [5.41, 5.74) is 1.58. The molecule has 20 heavy (non-hydrogen) atoms. The average molecular weight is 328 g/mol. The third kappa shape index (κ3) is 2.18. The number of hydrogen-bond donors (Lipinski definition) is 0. The lowest BCUT2D eigenvalue weighted by atomic mass is 10.00. The van der Waals surface area contributed by atoms with Crippen molar-refractivity contribution in [2.45, 2.75) is 0 Å². The van der Waals surface area contributed by atoms with Gasteiger partial charge in [-0.15, -0.1) is 0 Å². The number of nitro groups is 1. The van der Waals surface area contributed by atoms with Crippen LogP contribution in [0.3, 0.4) is 0 Å². The van der Waals surface area contributed by atoms with Crippen molar-refractivity contribution < 1.29 is 4.92 Å². The maximum Gasteiger partial charge on any atom is 0.277 e. The minimum atomic E-state index is -0.349. The number of rotatable bonds is 2. The van der Waals surface area contributed by atoms with E-state index in [0.29, 0.717) is 5.56 Å². The van der Waals surface area contributed by atoms with E-state index in [9.17, 15) is 10.1 Å². The van der Waals surface area contributed by atoms with E-state index in [1.165, 1.54) is 6.07 Å². The van der Waals surface area contributed by atoms with Crippen molar-refractivity contribution in [3.63, 3.8) is 0 Å². The molecule has 3 nitrogen and oxygen atoms in total. The summed E-state index contributed by atoms with van der Waals surface area (Å²) in [6.45, 7) is 0. The minimum absolute atomic E-state index is 0.120. The fourth-order valence-corrected chi connectivity index (χ4v) is 2.90. The van der Waals surface area contributed by atoms with Gasteiger partial charge < -0.3 is 0 Å². The molecule has 0 aliphatic carbocycles. The van der Waals surface area contributed by atoms with Crippen molar-refractivity contribution in [2.24, 2.45) is 0 Å². The molecular formula is C16H10BrNO2. The molecule has 0 N–H and O–H groups in total. The van der Waals surface area contributed by atoms with E-state index < -0.39 is 0 Å². The summed E-state index contributed by atoms with van der Waals surface area (Å²) in [6.07, 6.45) is 0. The second-order valence-electron chi connectivity index (χ2n) is 4.45. The minimum Gasteiger partial charge on any atom is -0.258 e. The van der Waals surface area contributed by atoms with E-state index in [1.807, 2.05) is 42.5 Å². The third-order valence-electron chi connectivity index (χ3n) is 3.22. The molecule has 0 heterocycles. The normalized spacial score (nSPS) is 10.7. The molecule has 3 rings (SSSR count). The van der Waals surface area contributed by atoms with E-state index >= 15 is 0 Å². The molecular weight excluding hydrogens is 318 g/mol. The molecule has 0 spiro atoms. The Labute approximate surface area is 124 Å². The largest absolute Gasteiger partial charge is 0.277 e. The predicted octanol–water partition coefficient (Wildman–Crippen LogP) is 5.18. The zero-order chi connectivity index (χ0) is 14.1. The Bertz CT molecular complexity index is 814. The highest BCUT2D eigenvalue weighted by Crippen LogP contribution is 2.35. The molecule has 3 aromatic rings. The van der Waals surface area contributed by atoms with Crippen LogP contribution < -0.4 is 0 Å². The monoisotopic (exact) mass is 327 g/mol. The molecule has 0 saturated carbocycles. The van der Waals surface area contributed by atoms with Crippen LogP contribution in [0.25, 0.3) is 21.9 Å². The summed E-state index contributed by atoms with van der Waals surface area (Å²) in [4.78, 5) is 10.8. The van der Waals surface area contributed by atoms with Gasteiger partial charge in [-0.2, -0.15) is 0 Å². The van der Waals surface area contributed by atoms with E-state index in [-0.39, 0.29) is 10.6 Å². The van der Waals surface area contributed by atoms with Crippen molar-refractivity contribution in [1.82, 2.24) is 0 Å². The van der Waals surface area contributed by atoms with Gasteiger partial charge in [0.25, 0.3) is 5.69 Å². The van der Waals surface area contributed by atoms with Gasteiger partial charge in [0.15, 0.2) is 0 Å². The van der Waals surface area contributed by atoms with Crippen LogP contribution in [0.4, 0.5) is 5.69 Å². The Morgan fingerprint density at radius 1 is 0.950 bits per heavy atom. The van der Waals surface area contributed by atoms with E-state index in [2.05, 4.69) is 15.9 Å². The maximum atomic E-state index is 11.1. The number of hydrogen-bond acceptors (Lipinski definition) is 2. The highest BCUT2D eigenvalue weighted by atomic mass is 79.9. The molecule has 0 fully saturated rings. The van der Waals surface area contributed by atoms with E-state index in [4.69, 9.17) is 0 Å². The average Bonchev–Trinajstić information content (AvgIpc) is 2.47. The quantitative estimate of drug-likeness (QED) is 0.481. The van der Waals surface area contributed by atoms with Crippen molar-refractivity contribution in [1.29, 1.82) is 0 Å². The summed E-state index contributed by atoms with van der Waals surface area (Å²) in [6, 6.07) is 18.6. The number of nitro benzene ring substituents is 1. The van der Waals surface area contributed by atoms with Crippen LogP contribution in [0, 0.1) is 10.1 Å². The van der Waals surface area contributed by atoms with Gasteiger partial charge in [-0.05, 0) is 34.5 Å². The van der Waals surface area contributed by atoms with Gasteiger partial charge in [0.2, 0.25) is 0 Å². The molecule has 0 aliphatic rings. The molecule has 0 aliphatic heterocycles. The van der Waals surface area contributed by atoms with E-state index in [1.54, 1.807) is 12.1 Å². The Morgan fingerprint density at radius 2 is 1.65 bits per heavy atom. The highest BCUT2D eigenvalue weighted by Gasteiger charge is 2.15. The van der Waals surface area contributed by atoms with Crippen molar-refractivity contribution in [3.8, 4) is 11.1 Å². The predicted molar refractivity (Wildman–Crippen MR) is 83.7 cm³/mol. The number of fused-ring (bicyclic) bond motifs is 1. The Kier molecular flexibility index (Phi) is 3.24. The van der Waals surface area contributed by atoms with Crippen molar-refractivity contribution in [2.75, 3.05) is 0 Å². The van der Waals surface area contributed by atoms with Crippen LogP contribution in [0.5, 0.6) is 0 Å². The summed E-state index contributed by atoms with van der Waals surface area (Å²) in [5.74, 6) is 0. The van der Waals surface area contributed by atoms with Crippen molar-refractivity contribution >= 4 is 32.4 Å². The third-order valence-corrected chi connectivity index (χ3v) is 3.88. The molecule has 3 aromatic carbocycles. The van der Waals surface area contributed by atoms with Gasteiger partial charge in [0.1, 0.15) is 0 Å². The van der Waals surface area contributed by atoms with E-state index in [0.717, 1.165) is 20.8 Å². The second kappa shape index (κ2) is 5.06. The number of nitrogens with zero attached hydrogens (tertiary/aromatic N) is 1. The Balaban J connectivity index is 2.28. The van der Waals surface area contributed by atoms with Gasteiger partial charge >= 0.3 is 0 Å². The smallest absolute Gasteiger partial charge is 0.258 e. The second-order valence-corrected chi connectivity index (χ2v) is 5.31.